The average molecular weight is 572 g/mol. The molecule has 0 saturated carbocycles. The van der Waals surface area contributed by atoms with Crippen LogP contribution in [0.3, 0.4) is 0 Å². The number of nitrogens with two attached hydrogens (primary N) is 1. The molecule has 3 amide bonds. The molecule has 0 aliphatic heterocycles. The van der Waals surface area contributed by atoms with Gasteiger partial charge in [-0.25, -0.2) is 9.78 Å². The van der Waals surface area contributed by atoms with E-state index in [2.05, 4.69) is 30.9 Å². The lowest BCUT2D eigenvalue weighted by molar-refractivity contribution is -0.145. The number of para-hydroxylation sites is 1. The molecule has 15 heteroatoms. The van der Waals surface area contributed by atoms with E-state index in [1.54, 1.807) is 6.20 Å². The van der Waals surface area contributed by atoms with E-state index in [0.717, 1.165) is 23.4 Å². The molecule has 5 unspecified atom stereocenters. The number of nitrogens with zero attached hydrogens (tertiary/aromatic N) is 1. The fraction of sp³-hybridized carbons (Fsp3) is 0.385. The fourth-order valence-electron chi connectivity index (χ4n) is 4.19. The molecule has 2 heterocycles. The second-order valence-electron chi connectivity index (χ2n) is 9.57. The summed E-state index contributed by atoms with van der Waals surface area (Å²) in [5.74, 6) is -5.29. The van der Waals surface area contributed by atoms with Crippen molar-refractivity contribution in [2.24, 2.45) is 5.73 Å². The standard InChI is InChI=1S/C26H33N7O8/c1-13(34)22(26(40)41)33-24(38)19(6-7-21(35)36)31-25(39)20(9-15-11-28-12-30-15)32-23(37)17(27)8-14-10-29-18-5-3-2-4-16(14)18/h2-5,10-13,17,19-20,22,29,34H,6-9,27H2,1H3,(H,28,30)(H,31,39)(H,32,37)(H,33,38)(H,35,36)(H,40,41). The lowest BCUT2D eigenvalue weighted by Crippen LogP contribution is -2.58. The average Bonchev–Trinajstić information content (AvgIpc) is 3.58. The molecule has 0 bridgehead atoms. The van der Waals surface area contributed by atoms with Crippen LogP contribution in [0.4, 0.5) is 0 Å². The van der Waals surface area contributed by atoms with Crippen LogP contribution < -0.4 is 21.7 Å². The van der Waals surface area contributed by atoms with Crippen LogP contribution in [-0.2, 0) is 36.8 Å². The van der Waals surface area contributed by atoms with Crippen LogP contribution in [0, 0.1) is 0 Å². The smallest absolute Gasteiger partial charge is 0.328 e. The number of aliphatic hydroxyl groups is 1. The van der Waals surface area contributed by atoms with Gasteiger partial charge in [0.25, 0.3) is 0 Å². The minimum atomic E-state index is -1.70. The maximum atomic E-state index is 13.3. The zero-order valence-corrected chi connectivity index (χ0v) is 22.2. The Labute approximate surface area is 233 Å². The Hall–Kier alpha value is -4.76. The van der Waals surface area contributed by atoms with Crippen molar-refractivity contribution in [1.29, 1.82) is 0 Å². The van der Waals surface area contributed by atoms with E-state index >= 15 is 0 Å². The number of hydrogen-bond acceptors (Lipinski definition) is 8. The highest BCUT2D eigenvalue weighted by Crippen LogP contribution is 2.19. The highest BCUT2D eigenvalue weighted by Gasteiger charge is 2.32. The van der Waals surface area contributed by atoms with E-state index in [0.29, 0.717) is 5.69 Å². The Morgan fingerprint density at radius 3 is 2.27 bits per heavy atom. The first kappa shape index (κ1) is 30.8. The van der Waals surface area contributed by atoms with Gasteiger partial charge in [0.2, 0.25) is 17.7 Å². The van der Waals surface area contributed by atoms with E-state index in [1.165, 1.54) is 12.5 Å². The van der Waals surface area contributed by atoms with Crippen molar-refractivity contribution in [3.63, 3.8) is 0 Å². The van der Waals surface area contributed by atoms with Gasteiger partial charge in [0.15, 0.2) is 6.04 Å². The van der Waals surface area contributed by atoms with Crippen LogP contribution in [-0.4, -0.2) is 90.2 Å². The monoisotopic (exact) mass is 571 g/mol. The number of carbonyl (C=O) groups is 5. The Balaban J connectivity index is 1.76. The van der Waals surface area contributed by atoms with Crippen molar-refractivity contribution in [3.8, 4) is 0 Å². The van der Waals surface area contributed by atoms with Crippen molar-refractivity contribution in [3.05, 3.63) is 54.2 Å². The molecular weight excluding hydrogens is 538 g/mol. The van der Waals surface area contributed by atoms with Crippen molar-refractivity contribution < 1.29 is 39.3 Å². The Morgan fingerprint density at radius 2 is 1.63 bits per heavy atom. The Morgan fingerprint density at radius 1 is 0.951 bits per heavy atom. The van der Waals surface area contributed by atoms with Gasteiger partial charge >= 0.3 is 11.9 Å². The van der Waals surface area contributed by atoms with Gasteiger partial charge in [0.05, 0.1) is 18.5 Å². The van der Waals surface area contributed by atoms with Crippen molar-refractivity contribution in [1.82, 2.24) is 30.9 Å². The van der Waals surface area contributed by atoms with Crippen LogP contribution in [0.2, 0.25) is 0 Å². The summed E-state index contributed by atoms with van der Waals surface area (Å²) in [6.07, 6.45) is 2.26. The van der Waals surface area contributed by atoms with Gasteiger partial charge in [-0.3, -0.25) is 19.2 Å². The molecule has 0 radical (unpaired) electrons. The minimum Gasteiger partial charge on any atom is -0.481 e. The molecule has 5 atom stereocenters. The summed E-state index contributed by atoms with van der Waals surface area (Å²) in [7, 11) is 0. The molecule has 220 valence electrons. The molecule has 3 aromatic rings. The molecule has 0 aliphatic carbocycles. The van der Waals surface area contributed by atoms with Crippen molar-refractivity contribution in [2.45, 2.75) is 62.9 Å². The first-order valence-corrected chi connectivity index (χ1v) is 12.8. The number of aromatic nitrogens is 3. The number of carboxylic acid groups (broad SMARTS) is 2. The van der Waals surface area contributed by atoms with Gasteiger partial charge in [-0.15, -0.1) is 0 Å². The molecule has 0 fully saturated rings. The second-order valence-corrected chi connectivity index (χ2v) is 9.57. The number of amides is 3. The predicted octanol–water partition coefficient (Wildman–Crippen LogP) is -1.21. The number of aliphatic carboxylic acids is 2. The molecule has 0 saturated heterocycles. The number of hydrogen-bond donors (Lipinski definition) is 9. The Kier molecular flexibility index (Phi) is 10.5. The SMILES string of the molecule is CC(O)C(NC(=O)C(CCC(=O)O)NC(=O)C(Cc1cnc[nH]1)NC(=O)C(N)Cc1c[nH]c2ccccc12)C(=O)O. The number of rotatable bonds is 15. The van der Waals surface area contributed by atoms with Crippen LogP contribution in [0.15, 0.2) is 43.0 Å². The zero-order valence-electron chi connectivity index (χ0n) is 22.2. The summed E-state index contributed by atoms with van der Waals surface area (Å²) in [5.41, 5.74) is 8.32. The van der Waals surface area contributed by atoms with Gasteiger partial charge in [-0.05, 0) is 31.4 Å². The number of imidazole rings is 1. The maximum absolute atomic E-state index is 13.3. The predicted molar refractivity (Wildman–Crippen MR) is 144 cm³/mol. The first-order chi connectivity index (χ1) is 19.5. The summed E-state index contributed by atoms with van der Waals surface area (Å²) in [4.78, 5) is 71.7. The largest absolute Gasteiger partial charge is 0.481 e. The quantitative estimate of drug-likeness (QED) is 0.105. The molecule has 3 rings (SSSR count). The van der Waals surface area contributed by atoms with Crippen LogP contribution >= 0.6 is 0 Å². The Bertz CT molecular complexity index is 1370. The summed E-state index contributed by atoms with van der Waals surface area (Å²) < 4.78 is 0. The number of fused-ring (bicyclic) bond motifs is 1. The first-order valence-electron chi connectivity index (χ1n) is 12.8. The van der Waals surface area contributed by atoms with E-state index in [1.807, 2.05) is 24.3 Å². The van der Waals surface area contributed by atoms with Gasteiger partial charge in [0, 0.05) is 41.8 Å². The van der Waals surface area contributed by atoms with Crippen LogP contribution in [0.25, 0.3) is 10.9 Å². The fourth-order valence-corrected chi connectivity index (χ4v) is 4.19. The molecule has 15 nitrogen and oxygen atoms in total. The minimum absolute atomic E-state index is 0.0733. The van der Waals surface area contributed by atoms with E-state index in [9.17, 15) is 34.2 Å². The summed E-state index contributed by atoms with van der Waals surface area (Å²) in [5, 5.41) is 36.1. The molecule has 2 aromatic heterocycles. The summed E-state index contributed by atoms with van der Waals surface area (Å²) >= 11 is 0. The molecule has 0 spiro atoms. The number of aromatic amines is 2. The number of benzene rings is 1. The zero-order chi connectivity index (χ0) is 30.1. The number of nitrogens with one attached hydrogen (secondary N) is 5. The van der Waals surface area contributed by atoms with Gasteiger partial charge in [-0.1, -0.05) is 18.2 Å². The van der Waals surface area contributed by atoms with Gasteiger partial charge in [-0.2, -0.15) is 0 Å². The van der Waals surface area contributed by atoms with Gasteiger partial charge < -0.3 is 47.0 Å². The van der Waals surface area contributed by atoms with E-state index in [-0.39, 0.29) is 19.3 Å². The number of carboxylic acids is 2. The lowest BCUT2D eigenvalue weighted by atomic mass is 10.0. The van der Waals surface area contributed by atoms with E-state index < -0.39 is 66.4 Å². The molecule has 0 aliphatic rings. The molecule has 1 aromatic carbocycles. The molecule has 10 N–H and O–H groups in total. The topological polar surface area (TPSA) is 253 Å². The van der Waals surface area contributed by atoms with Crippen molar-refractivity contribution in [2.75, 3.05) is 0 Å². The number of carbonyl (C=O) groups excluding carboxylic acids is 3. The normalized spacial score (nSPS) is 14.8. The lowest BCUT2D eigenvalue weighted by Gasteiger charge is -2.25. The third-order valence-electron chi connectivity index (χ3n) is 6.39. The second kappa shape index (κ2) is 14.0. The van der Waals surface area contributed by atoms with Crippen LogP contribution in [0.5, 0.6) is 0 Å². The molecule has 41 heavy (non-hydrogen) atoms. The third-order valence-corrected chi connectivity index (χ3v) is 6.39. The third kappa shape index (κ3) is 8.61. The highest BCUT2D eigenvalue weighted by molar-refractivity contribution is 5.94. The number of aliphatic hydroxyl groups excluding tert-OH is 1. The maximum Gasteiger partial charge on any atom is 0.328 e. The molecular formula is C26H33N7O8. The van der Waals surface area contributed by atoms with Crippen LogP contribution in [0.1, 0.15) is 31.0 Å². The highest BCUT2D eigenvalue weighted by atomic mass is 16.4. The van der Waals surface area contributed by atoms with E-state index in [4.69, 9.17) is 10.8 Å². The summed E-state index contributed by atoms with van der Waals surface area (Å²) in [6, 6.07) is 2.00. The number of H-pyrrole nitrogens is 2. The van der Waals surface area contributed by atoms with Crippen molar-refractivity contribution >= 4 is 40.6 Å². The summed E-state index contributed by atoms with van der Waals surface area (Å²) in [6.45, 7) is 1.15. The van der Waals surface area contributed by atoms with Gasteiger partial charge in [0.1, 0.15) is 12.1 Å².